The second kappa shape index (κ2) is 4.84. The minimum absolute atomic E-state index is 0.167. The number of furan rings is 1. The molecule has 84 valence electrons. The average Bonchev–Trinajstić information content (AvgIpc) is 2.65. The molecule has 1 aromatic heterocycles. The van der Waals surface area contributed by atoms with E-state index < -0.39 is 0 Å². The number of carbonyl (C=O) groups is 1. The third-order valence-corrected chi connectivity index (χ3v) is 3.42. The van der Waals surface area contributed by atoms with E-state index in [1.54, 1.807) is 6.07 Å². The van der Waals surface area contributed by atoms with E-state index in [9.17, 15) is 4.79 Å². The first kappa shape index (κ1) is 12.3. The van der Waals surface area contributed by atoms with E-state index >= 15 is 0 Å². The lowest BCUT2D eigenvalue weighted by atomic mass is 10.1. The monoisotopic (exact) mass is 273 g/mol. The van der Waals surface area contributed by atoms with Crippen molar-refractivity contribution < 1.29 is 9.21 Å². The van der Waals surface area contributed by atoms with Gasteiger partial charge in [-0.3, -0.25) is 4.79 Å². The summed E-state index contributed by atoms with van der Waals surface area (Å²) in [4.78, 5) is 11.7. The molecule has 0 aromatic carbocycles. The summed E-state index contributed by atoms with van der Waals surface area (Å²) in [6.07, 6.45) is 0.801. The molecule has 0 spiro atoms. The minimum Gasteiger partial charge on any atom is -0.456 e. The second-order valence-electron chi connectivity index (χ2n) is 4.09. The maximum atomic E-state index is 11.7. The molecule has 15 heavy (non-hydrogen) atoms. The number of aryl methyl sites for hydroxylation is 1. The third-order valence-electron chi connectivity index (χ3n) is 2.02. The van der Waals surface area contributed by atoms with E-state index in [1.165, 1.54) is 0 Å². The molecule has 0 bridgehead atoms. The number of carbonyl (C=O) groups excluding carboxylic acids is 1. The standard InChI is InChI=1S/C11H16BrNO2/c1-4-8-5-6-9(15-8)10(14)13-11(2,3)7-12/h5-6H,4,7H2,1-3H3,(H,13,14). The Morgan fingerprint density at radius 3 is 2.67 bits per heavy atom. The molecular formula is C11H16BrNO2. The van der Waals surface area contributed by atoms with Crippen molar-refractivity contribution in [3.8, 4) is 0 Å². The summed E-state index contributed by atoms with van der Waals surface area (Å²) in [5.74, 6) is 1.04. The van der Waals surface area contributed by atoms with E-state index in [0.29, 0.717) is 11.1 Å². The summed E-state index contributed by atoms with van der Waals surface area (Å²) >= 11 is 3.35. The Bertz CT molecular complexity index is 344. The van der Waals surface area contributed by atoms with E-state index in [1.807, 2.05) is 26.8 Å². The molecule has 1 N–H and O–H groups in total. The molecule has 0 atom stereocenters. The van der Waals surface area contributed by atoms with Crippen LogP contribution in [-0.4, -0.2) is 16.8 Å². The van der Waals surface area contributed by atoms with Gasteiger partial charge in [0, 0.05) is 17.3 Å². The van der Waals surface area contributed by atoms with Crippen LogP contribution < -0.4 is 5.32 Å². The zero-order valence-electron chi connectivity index (χ0n) is 9.26. The van der Waals surface area contributed by atoms with Crippen molar-refractivity contribution in [1.82, 2.24) is 5.32 Å². The Balaban J connectivity index is 2.69. The molecular weight excluding hydrogens is 258 g/mol. The van der Waals surface area contributed by atoms with Crippen LogP contribution in [0.4, 0.5) is 0 Å². The predicted octanol–water partition coefficient (Wildman–Crippen LogP) is 2.75. The number of hydrogen-bond donors (Lipinski definition) is 1. The number of alkyl halides is 1. The quantitative estimate of drug-likeness (QED) is 0.858. The number of halogens is 1. The lowest BCUT2D eigenvalue weighted by Gasteiger charge is -2.22. The Morgan fingerprint density at radius 2 is 2.20 bits per heavy atom. The highest BCUT2D eigenvalue weighted by Gasteiger charge is 2.21. The number of nitrogens with one attached hydrogen (secondary N) is 1. The van der Waals surface area contributed by atoms with Crippen LogP contribution in [0.1, 0.15) is 37.1 Å². The normalized spacial score (nSPS) is 11.5. The van der Waals surface area contributed by atoms with Gasteiger partial charge in [0.05, 0.1) is 0 Å². The van der Waals surface area contributed by atoms with E-state index in [4.69, 9.17) is 4.42 Å². The van der Waals surface area contributed by atoms with Crippen LogP contribution in [0.5, 0.6) is 0 Å². The smallest absolute Gasteiger partial charge is 0.287 e. The Labute approximate surface area is 98.4 Å². The van der Waals surface area contributed by atoms with Gasteiger partial charge in [-0.05, 0) is 26.0 Å². The molecule has 0 aliphatic carbocycles. The number of amides is 1. The molecule has 3 nitrogen and oxygen atoms in total. The van der Waals surface area contributed by atoms with Crippen LogP contribution in [0.25, 0.3) is 0 Å². The highest BCUT2D eigenvalue weighted by atomic mass is 79.9. The van der Waals surface area contributed by atoms with Crippen molar-refractivity contribution in [3.05, 3.63) is 23.7 Å². The molecule has 0 fully saturated rings. The number of hydrogen-bond acceptors (Lipinski definition) is 2. The fourth-order valence-corrected chi connectivity index (χ4v) is 1.23. The molecule has 0 saturated heterocycles. The Hall–Kier alpha value is -0.770. The van der Waals surface area contributed by atoms with Gasteiger partial charge >= 0.3 is 0 Å². The first-order valence-electron chi connectivity index (χ1n) is 4.95. The predicted molar refractivity (Wildman–Crippen MR) is 63.4 cm³/mol. The van der Waals surface area contributed by atoms with Crippen LogP contribution in [-0.2, 0) is 6.42 Å². The van der Waals surface area contributed by atoms with Gasteiger partial charge in [-0.2, -0.15) is 0 Å². The summed E-state index contributed by atoms with van der Waals surface area (Å²) < 4.78 is 5.36. The Morgan fingerprint density at radius 1 is 1.53 bits per heavy atom. The highest BCUT2D eigenvalue weighted by molar-refractivity contribution is 9.09. The van der Waals surface area contributed by atoms with E-state index in [2.05, 4.69) is 21.2 Å². The second-order valence-corrected chi connectivity index (χ2v) is 4.65. The molecule has 1 amide bonds. The molecule has 1 heterocycles. The van der Waals surface area contributed by atoms with Crippen molar-refractivity contribution in [2.75, 3.05) is 5.33 Å². The Kier molecular flexibility index (Phi) is 3.97. The highest BCUT2D eigenvalue weighted by Crippen LogP contribution is 2.11. The van der Waals surface area contributed by atoms with Gasteiger partial charge < -0.3 is 9.73 Å². The molecule has 0 unspecified atom stereocenters. The van der Waals surface area contributed by atoms with Gasteiger partial charge in [-0.25, -0.2) is 0 Å². The van der Waals surface area contributed by atoms with Gasteiger partial charge in [-0.15, -0.1) is 0 Å². The van der Waals surface area contributed by atoms with E-state index in [0.717, 1.165) is 12.2 Å². The maximum Gasteiger partial charge on any atom is 0.287 e. The molecule has 0 radical (unpaired) electrons. The first-order chi connectivity index (χ1) is 6.98. The van der Waals surface area contributed by atoms with E-state index in [-0.39, 0.29) is 11.4 Å². The molecule has 0 aliphatic rings. The minimum atomic E-state index is -0.268. The fourth-order valence-electron chi connectivity index (χ4n) is 1.09. The van der Waals surface area contributed by atoms with Gasteiger partial charge in [0.1, 0.15) is 5.76 Å². The zero-order chi connectivity index (χ0) is 11.5. The van der Waals surface area contributed by atoms with Crippen molar-refractivity contribution in [2.45, 2.75) is 32.7 Å². The topological polar surface area (TPSA) is 42.2 Å². The molecule has 0 aliphatic heterocycles. The molecule has 4 heteroatoms. The molecule has 0 saturated carbocycles. The molecule has 1 aromatic rings. The largest absolute Gasteiger partial charge is 0.456 e. The van der Waals surface area contributed by atoms with Gasteiger partial charge in [0.25, 0.3) is 5.91 Å². The van der Waals surface area contributed by atoms with Crippen molar-refractivity contribution in [2.24, 2.45) is 0 Å². The van der Waals surface area contributed by atoms with Crippen LogP contribution in [0.2, 0.25) is 0 Å². The van der Waals surface area contributed by atoms with Crippen molar-refractivity contribution in [3.63, 3.8) is 0 Å². The van der Waals surface area contributed by atoms with Crippen LogP contribution in [0.3, 0.4) is 0 Å². The number of rotatable bonds is 4. The third kappa shape index (κ3) is 3.38. The maximum absolute atomic E-state index is 11.7. The lowest BCUT2D eigenvalue weighted by Crippen LogP contribution is -2.44. The van der Waals surface area contributed by atoms with Crippen LogP contribution in [0.15, 0.2) is 16.5 Å². The summed E-state index contributed by atoms with van der Waals surface area (Å²) in [5, 5.41) is 3.58. The summed E-state index contributed by atoms with van der Waals surface area (Å²) in [5.41, 5.74) is -0.268. The molecule has 1 rings (SSSR count). The van der Waals surface area contributed by atoms with Crippen LogP contribution >= 0.6 is 15.9 Å². The summed E-state index contributed by atoms with van der Waals surface area (Å²) in [6, 6.07) is 3.54. The first-order valence-corrected chi connectivity index (χ1v) is 6.08. The summed E-state index contributed by atoms with van der Waals surface area (Å²) in [7, 11) is 0. The van der Waals surface area contributed by atoms with Crippen LogP contribution in [0, 0.1) is 0 Å². The summed E-state index contributed by atoms with van der Waals surface area (Å²) in [6.45, 7) is 5.88. The van der Waals surface area contributed by atoms with Crippen molar-refractivity contribution in [1.29, 1.82) is 0 Å². The lowest BCUT2D eigenvalue weighted by molar-refractivity contribution is 0.0891. The van der Waals surface area contributed by atoms with Gasteiger partial charge in [0.15, 0.2) is 5.76 Å². The van der Waals surface area contributed by atoms with Gasteiger partial charge in [-0.1, -0.05) is 22.9 Å². The van der Waals surface area contributed by atoms with Crippen molar-refractivity contribution >= 4 is 21.8 Å². The average molecular weight is 274 g/mol. The SMILES string of the molecule is CCc1ccc(C(=O)NC(C)(C)CBr)o1. The zero-order valence-corrected chi connectivity index (χ0v) is 10.8. The fraction of sp³-hybridized carbons (Fsp3) is 0.545. The van der Waals surface area contributed by atoms with Gasteiger partial charge in [0.2, 0.25) is 0 Å².